The summed E-state index contributed by atoms with van der Waals surface area (Å²) in [5.74, 6) is -1.56. The number of aliphatic hydroxyl groups excluding tert-OH is 3. The Morgan fingerprint density at radius 3 is 2.59 bits per heavy atom. The predicted octanol–water partition coefficient (Wildman–Crippen LogP) is -0.118. The molecular formula is C24H27FN7O7+. The molecule has 0 radical (unpaired) electrons. The molecule has 0 aliphatic carbocycles. The molecular weight excluding hydrogens is 517 g/mol. The second-order valence-corrected chi connectivity index (χ2v) is 10.1. The van der Waals surface area contributed by atoms with Gasteiger partial charge in [0.2, 0.25) is 0 Å². The number of carbonyl (C=O) groups is 1. The van der Waals surface area contributed by atoms with Gasteiger partial charge in [0.25, 0.3) is 17.9 Å². The van der Waals surface area contributed by atoms with Gasteiger partial charge in [0, 0.05) is 11.6 Å². The smallest absolute Gasteiger partial charge is 0.335 e. The topological polar surface area (TPSA) is 192 Å². The molecule has 0 bridgehead atoms. The Bertz CT molecular complexity index is 1500. The van der Waals surface area contributed by atoms with E-state index in [-0.39, 0.29) is 29.5 Å². The normalized spacial score (nSPS) is 23.7. The van der Waals surface area contributed by atoms with Gasteiger partial charge >= 0.3 is 11.6 Å². The summed E-state index contributed by atoms with van der Waals surface area (Å²) in [4.78, 5) is 15.8. The lowest BCUT2D eigenvalue weighted by Crippen LogP contribution is -2.64. The molecule has 1 aromatic carbocycles. The second kappa shape index (κ2) is 9.92. The number of halogens is 1. The number of carboxylic acids is 1. The van der Waals surface area contributed by atoms with Crippen molar-refractivity contribution in [2.75, 3.05) is 0 Å². The lowest BCUT2D eigenvalue weighted by molar-refractivity contribution is -0.802. The number of carboxylic acid groups (broad SMARTS) is 1. The molecule has 0 spiro atoms. The van der Waals surface area contributed by atoms with Crippen LogP contribution in [0.4, 0.5) is 4.39 Å². The fourth-order valence-electron chi connectivity index (χ4n) is 4.31. The molecule has 15 heteroatoms. The highest BCUT2D eigenvalue weighted by Crippen LogP contribution is 2.33. The average Bonchev–Trinajstić information content (AvgIpc) is 3.53. The summed E-state index contributed by atoms with van der Waals surface area (Å²) < 4.78 is 28.8. The van der Waals surface area contributed by atoms with E-state index in [1.165, 1.54) is 29.0 Å². The van der Waals surface area contributed by atoms with Gasteiger partial charge in [-0.1, -0.05) is 42.1 Å². The first-order chi connectivity index (χ1) is 18.5. The van der Waals surface area contributed by atoms with Crippen LogP contribution in [0, 0.1) is 5.82 Å². The van der Waals surface area contributed by atoms with Gasteiger partial charge in [-0.15, -0.1) is 0 Å². The maximum Gasteiger partial charge on any atom is 0.335 e. The van der Waals surface area contributed by atoms with E-state index in [9.17, 15) is 29.6 Å². The number of benzene rings is 1. The van der Waals surface area contributed by atoms with Crippen LogP contribution in [-0.2, 0) is 21.6 Å². The highest BCUT2D eigenvalue weighted by molar-refractivity contribution is 5.73. The van der Waals surface area contributed by atoms with Gasteiger partial charge in [-0.3, -0.25) is 5.10 Å². The molecule has 0 unspecified atom stereocenters. The fraction of sp³-hybridized carbons (Fsp3) is 0.417. The molecule has 1 aliphatic rings. The zero-order valence-corrected chi connectivity index (χ0v) is 21.1. The van der Waals surface area contributed by atoms with Crippen molar-refractivity contribution in [3.05, 3.63) is 53.9 Å². The molecule has 5 atom stereocenters. The van der Waals surface area contributed by atoms with Crippen LogP contribution in [0.2, 0.25) is 0 Å². The van der Waals surface area contributed by atoms with Crippen LogP contribution >= 0.6 is 0 Å². The van der Waals surface area contributed by atoms with Crippen LogP contribution < -0.4 is 9.42 Å². The van der Waals surface area contributed by atoms with E-state index in [0.717, 1.165) is 4.68 Å². The van der Waals surface area contributed by atoms with Crippen molar-refractivity contribution in [1.29, 1.82) is 0 Å². The Morgan fingerprint density at radius 2 is 1.95 bits per heavy atom. The van der Waals surface area contributed by atoms with Crippen molar-refractivity contribution < 1.29 is 43.8 Å². The predicted molar refractivity (Wildman–Crippen MR) is 128 cm³/mol. The Hall–Kier alpha value is -4.05. The van der Waals surface area contributed by atoms with Crippen molar-refractivity contribution in [2.24, 2.45) is 0 Å². The molecule has 1 fully saturated rings. The minimum atomic E-state index is -1.89. The highest BCUT2D eigenvalue weighted by atomic mass is 19.1. The van der Waals surface area contributed by atoms with Crippen LogP contribution in [0.25, 0.3) is 17.0 Å². The Morgan fingerprint density at radius 1 is 1.21 bits per heavy atom. The van der Waals surface area contributed by atoms with E-state index in [2.05, 4.69) is 25.4 Å². The lowest BCUT2D eigenvalue weighted by atomic mass is 9.88. The van der Waals surface area contributed by atoms with Gasteiger partial charge < -0.3 is 29.9 Å². The minimum absolute atomic E-state index is 0.000137. The van der Waals surface area contributed by atoms with Gasteiger partial charge in [-0.25, -0.2) is 14.2 Å². The number of aromatic nitrogens is 7. The Kier molecular flexibility index (Phi) is 6.76. The third-order valence-electron chi connectivity index (χ3n) is 6.36. The fourth-order valence-corrected chi connectivity index (χ4v) is 4.31. The minimum Gasteiger partial charge on any atom is -0.479 e. The number of rotatable bonds is 6. The first kappa shape index (κ1) is 26.6. The average molecular weight is 545 g/mol. The highest BCUT2D eigenvalue weighted by Gasteiger charge is 2.51. The number of aliphatic hydroxyl groups is 3. The molecule has 14 nitrogen and oxygen atoms in total. The summed E-state index contributed by atoms with van der Waals surface area (Å²) >= 11 is 0. The van der Waals surface area contributed by atoms with Crippen LogP contribution in [0.1, 0.15) is 38.4 Å². The molecule has 0 saturated carbocycles. The van der Waals surface area contributed by atoms with Gasteiger partial charge in [0.05, 0.1) is 5.56 Å². The Balaban J connectivity index is 1.73. The summed E-state index contributed by atoms with van der Waals surface area (Å²) in [7, 11) is 0. The summed E-state index contributed by atoms with van der Waals surface area (Å²) in [6, 6.07) is 7.45. The van der Waals surface area contributed by atoms with Crippen LogP contribution in [0.3, 0.4) is 0 Å². The van der Waals surface area contributed by atoms with Gasteiger partial charge in [0.1, 0.15) is 31.0 Å². The summed E-state index contributed by atoms with van der Waals surface area (Å²) in [6.07, 6.45) is -7.66. The molecule has 4 heterocycles. The molecule has 1 saturated heterocycles. The van der Waals surface area contributed by atoms with Crippen molar-refractivity contribution in [3.63, 3.8) is 0 Å². The molecule has 4 aromatic rings. The number of hydrogen-bond donors (Lipinski definition) is 5. The van der Waals surface area contributed by atoms with Gasteiger partial charge in [-0.05, 0) is 27.7 Å². The first-order valence-electron chi connectivity index (χ1n) is 12.0. The lowest BCUT2D eigenvalue weighted by Gasteiger charge is -2.36. The largest absolute Gasteiger partial charge is 0.479 e. The number of hydrogen-bond acceptors (Lipinski definition) is 10. The van der Waals surface area contributed by atoms with E-state index in [1.807, 2.05) is 20.8 Å². The van der Waals surface area contributed by atoms with Crippen molar-refractivity contribution in [3.8, 4) is 17.3 Å². The van der Waals surface area contributed by atoms with Gasteiger partial charge in [0.15, 0.2) is 18.0 Å². The van der Waals surface area contributed by atoms with Gasteiger partial charge in [-0.2, -0.15) is 5.10 Å². The molecule has 5 rings (SSSR count). The summed E-state index contributed by atoms with van der Waals surface area (Å²) in [5, 5.41) is 56.5. The van der Waals surface area contributed by atoms with Crippen molar-refractivity contribution in [2.45, 2.75) is 63.4 Å². The summed E-state index contributed by atoms with van der Waals surface area (Å²) in [6.45, 7) is 5.73. The number of aromatic amines is 1. The number of nitrogens with zero attached hydrogens (tertiary/aromatic N) is 6. The standard InChI is InChI=1S/C24H26FN7O7/c1-24(2,3)12-8-15-31(30-21(12)38-9-14-26-10-27-28-14)20(11-6-4-5-7-13(11)25)29-32(15)22-18(35)16(33)17(34)19(39-22)23(36)37/h4-8,10,16-19,22,33-35H,9H2,1-3H3,(H-,26,27,28,36,37)/p+1/t16-,17-,18+,19-,22+/m0/s1. The van der Waals surface area contributed by atoms with E-state index in [0.29, 0.717) is 11.4 Å². The van der Waals surface area contributed by atoms with Crippen molar-refractivity contribution in [1.82, 2.24) is 29.9 Å². The number of aliphatic carboxylic acids is 1. The van der Waals surface area contributed by atoms with E-state index < -0.39 is 47.8 Å². The molecule has 206 valence electrons. The maximum absolute atomic E-state index is 14.9. The molecule has 39 heavy (non-hydrogen) atoms. The number of ether oxygens (including phenoxy) is 2. The quantitative estimate of drug-likeness (QED) is 0.203. The van der Waals surface area contributed by atoms with E-state index in [1.54, 1.807) is 12.1 Å². The van der Waals surface area contributed by atoms with E-state index >= 15 is 0 Å². The SMILES string of the molecule is CC(C)(C)c1cc2n(nc1OCc1ncn[nH]1)c(-c1ccccc1F)n[n+]2[C@@H]1O[C@H](C(=O)O)[C@@H](O)[C@H](O)[C@H]1O. The molecule has 3 aromatic heterocycles. The van der Waals surface area contributed by atoms with Crippen LogP contribution in [-0.4, -0.2) is 80.7 Å². The monoisotopic (exact) mass is 544 g/mol. The zero-order valence-electron chi connectivity index (χ0n) is 21.1. The zero-order chi connectivity index (χ0) is 28.1. The first-order valence-corrected chi connectivity index (χ1v) is 12.0. The van der Waals surface area contributed by atoms with Crippen LogP contribution in [0.5, 0.6) is 5.88 Å². The third-order valence-corrected chi connectivity index (χ3v) is 6.36. The summed E-state index contributed by atoms with van der Waals surface area (Å²) in [5.41, 5.74) is 0.256. The third kappa shape index (κ3) is 4.80. The number of fused-ring (bicyclic) bond motifs is 1. The molecule has 0 amide bonds. The number of H-pyrrole nitrogens is 1. The maximum atomic E-state index is 14.9. The molecule has 5 N–H and O–H groups in total. The van der Waals surface area contributed by atoms with E-state index in [4.69, 9.17) is 9.47 Å². The van der Waals surface area contributed by atoms with Crippen molar-refractivity contribution >= 4 is 11.6 Å². The Labute approximate surface area is 220 Å². The molecule has 1 aliphatic heterocycles. The second-order valence-electron chi connectivity index (χ2n) is 10.1. The van der Waals surface area contributed by atoms with Crippen LogP contribution in [0.15, 0.2) is 36.7 Å². The number of nitrogens with one attached hydrogen (secondary N) is 1.